The van der Waals surface area contributed by atoms with E-state index in [1.807, 2.05) is 30.3 Å². The van der Waals surface area contributed by atoms with Crippen LogP contribution in [0.25, 0.3) is 6.08 Å². The summed E-state index contributed by atoms with van der Waals surface area (Å²) in [5.41, 5.74) is 1.73. The number of carbonyl (C=O) groups is 1. The third-order valence-electron chi connectivity index (χ3n) is 4.29. The van der Waals surface area contributed by atoms with Gasteiger partial charge in [-0.2, -0.15) is 0 Å². The fourth-order valence-corrected chi connectivity index (χ4v) is 4.45. The molecule has 4 nitrogen and oxygen atoms in total. The Morgan fingerprint density at radius 2 is 1.90 bits per heavy atom. The average molecular weight is 482 g/mol. The fraction of sp³-hybridized carbons (Fsp3) is 0.273. The maximum absolute atomic E-state index is 12.7. The smallest absolute Gasteiger partial charge is 0.266 e. The summed E-state index contributed by atoms with van der Waals surface area (Å²) in [6.07, 6.45) is 1.82. The van der Waals surface area contributed by atoms with Crippen LogP contribution in [0.1, 0.15) is 25.0 Å². The summed E-state index contributed by atoms with van der Waals surface area (Å²) in [6, 6.07) is 10.9. The van der Waals surface area contributed by atoms with Crippen molar-refractivity contribution < 1.29 is 14.3 Å². The summed E-state index contributed by atoms with van der Waals surface area (Å²) >= 11 is 18.7. The molecule has 0 spiro atoms. The number of rotatable bonds is 7. The zero-order valence-corrected chi connectivity index (χ0v) is 19.9. The van der Waals surface area contributed by atoms with E-state index in [1.165, 1.54) is 11.8 Å². The first kappa shape index (κ1) is 22.9. The second-order valence-electron chi connectivity index (χ2n) is 7.13. The minimum Gasteiger partial charge on any atom is -0.493 e. The molecular weight excluding hydrogens is 461 g/mol. The van der Waals surface area contributed by atoms with Gasteiger partial charge in [0.1, 0.15) is 10.9 Å². The van der Waals surface area contributed by atoms with Crippen molar-refractivity contribution in [2.45, 2.75) is 20.5 Å². The van der Waals surface area contributed by atoms with Gasteiger partial charge in [0.15, 0.2) is 11.5 Å². The molecule has 0 atom stereocenters. The Morgan fingerprint density at radius 1 is 1.13 bits per heavy atom. The number of halogens is 2. The third kappa shape index (κ3) is 5.49. The van der Waals surface area contributed by atoms with Gasteiger partial charge in [-0.15, -0.1) is 0 Å². The van der Waals surface area contributed by atoms with E-state index in [-0.39, 0.29) is 5.91 Å². The molecule has 0 aromatic heterocycles. The molecule has 1 saturated heterocycles. The first-order valence-corrected chi connectivity index (χ1v) is 11.3. The quantitative estimate of drug-likeness (QED) is 0.336. The maximum Gasteiger partial charge on any atom is 0.266 e. The summed E-state index contributed by atoms with van der Waals surface area (Å²) in [6.45, 7) is 5.06. The molecule has 0 aliphatic carbocycles. The van der Waals surface area contributed by atoms with E-state index in [9.17, 15) is 4.79 Å². The van der Waals surface area contributed by atoms with Gasteiger partial charge >= 0.3 is 0 Å². The average Bonchev–Trinajstić information content (AvgIpc) is 2.96. The highest BCUT2D eigenvalue weighted by Crippen LogP contribution is 2.35. The van der Waals surface area contributed by atoms with Crippen LogP contribution in [0, 0.1) is 5.92 Å². The summed E-state index contributed by atoms with van der Waals surface area (Å²) in [5.74, 6) is 1.45. The van der Waals surface area contributed by atoms with Gasteiger partial charge in [0.25, 0.3) is 5.91 Å². The van der Waals surface area contributed by atoms with Gasteiger partial charge in [-0.05, 0) is 47.4 Å². The van der Waals surface area contributed by atoms with E-state index in [0.717, 1.165) is 11.1 Å². The summed E-state index contributed by atoms with van der Waals surface area (Å²) in [4.78, 5) is 14.9. The number of hydrogen-bond acceptors (Lipinski definition) is 5. The highest BCUT2D eigenvalue weighted by Gasteiger charge is 2.32. The Balaban J connectivity index is 1.75. The largest absolute Gasteiger partial charge is 0.493 e. The Kier molecular flexibility index (Phi) is 7.69. The second-order valence-corrected chi connectivity index (χ2v) is 9.62. The van der Waals surface area contributed by atoms with Gasteiger partial charge in [0, 0.05) is 6.54 Å². The third-order valence-corrected chi connectivity index (χ3v) is 6.40. The van der Waals surface area contributed by atoms with Crippen molar-refractivity contribution in [3.63, 3.8) is 0 Å². The van der Waals surface area contributed by atoms with Crippen LogP contribution in [0.2, 0.25) is 10.0 Å². The van der Waals surface area contributed by atoms with Crippen molar-refractivity contribution in [1.82, 2.24) is 4.90 Å². The Hall–Kier alpha value is -1.73. The molecular formula is C22H21Cl2NO3S2. The van der Waals surface area contributed by atoms with E-state index in [4.69, 9.17) is 44.9 Å². The van der Waals surface area contributed by atoms with E-state index >= 15 is 0 Å². The molecule has 0 unspecified atom stereocenters. The van der Waals surface area contributed by atoms with Crippen molar-refractivity contribution in [2.24, 2.45) is 5.92 Å². The minimum absolute atomic E-state index is 0.0578. The van der Waals surface area contributed by atoms with E-state index in [2.05, 4.69) is 13.8 Å². The number of thiocarbonyl (C=S) groups is 1. The number of methoxy groups -OCH3 is 1. The molecule has 2 aromatic carbocycles. The Bertz CT molecular complexity index is 1010. The van der Waals surface area contributed by atoms with E-state index < -0.39 is 0 Å². The predicted octanol–water partition coefficient (Wildman–Crippen LogP) is 6.44. The van der Waals surface area contributed by atoms with Gasteiger partial charge in [-0.1, -0.05) is 73.2 Å². The molecule has 0 radical (unpaired) electrons. The van der Waals surface area contributed by atoms with Crippen molar-refractivity contribution >= 4 is 63.5 Å². The number of carbonyl (C=O) groups excluding carboxylic acids is 1. The standard InChI is InChI=1S/C22H21Cl2NO3S2/c1-13(2)11-25-21(26)20(30-22(25)29)10-14-5-7-18(19(9-14)27-3)28-12-15-4-6-16(23)17(24)8-15/h4-10,13H,11-12H2,1-3H3/b20-10-. The molecule has 3 rings (SSSR count). The number of benzene rings is 2. The minimum atomic E-state index is -0.0578. The van der Waals surface area contributed by atoms with Crippen molar-refractivity contribution in [3.05, 3.63) is 62.5 Å². The molecule has 0 N–H and O–H groups in total. The van der Waals surface area contributed by atoms with Gasteiger partial charge in [0.2, 0.25) is 0 Å². The number of hydrogen-bond donors (Lipinski definition) is 0. The predicted molar refractivity (Wildman–Crippen MR) is 129 cm³/mol. The van der Waals surface area contributed by atoms with Crippen LogP contribution in [-0.2, 0) is 11.4 Å². The van der Waals surface area contributed by atoms with Gasteiger partial charge in [-0.25, -0.2) is 0 Å². The summed E-state index contributed by atoms with van der Waals surface area (Å²) in [5, 5.41) is 0.982. The lowest BCUT2D eigenvalue weighted by Crippen LogP contribution is -2.31. The van der Waals surface area contributed by atoms with Crippen LogP contribution in [0.4, 0.5) is 0 Å². The Morgan fingerprint density at radius 3 is 2.57 bits per heavy atom. The monoisotopic (exact) mass is 481 g/mol. The maximum atomic E-state index is 12.7. The lowest BCUT2D eigenvalue weighted by Gasteiger charge is -2.16. The topological polar surface area (TPSA) is 38.8 Å². The highest BCUT2D eigenvalue weighted by molar-refractivity contribution is 8.26. The van der Waals surface area contributed by atoms with Crippen LogP contribution >= 0.6 is 47.2 Å². The van der Waals surface area contributed by atoms with E-state index in [0.29, 0.717) is 49.8 Å². The van der Waals surface area contributed by atoms with Crippen LogP contribution in [0.5, 0.6) is 11.5 Å². The number of ether oxygens (including phenoxy) is 2. The Labute approximate surface area is 196 Å². The van der Waals surface area contributed by atoms with E-state index in [1.54, 1.807) is 24.1 Å². The molecule has 1 aliphatic heterocycles. The zero-order chi connectivity index (χ0) is 21.8. The number of amides is 1. The molecule has 1 fully saturated rings. The molecule has 1 heterocycles. The van der Waals surface area contributed by atoms with Gasteiger partial charge in [0.05, 0.1) is 22.1 Å². The molecule has 1 aliphatic rings. The van der Waals surface area contributed by atoms with Crippen molar-refractivity contribution in [1.29, 1.82) is 0 Å². The SMILES string of the molecule is COc1cc(/C=C2\SC(=S)N(CC(C)C)C2=O)ccc1OCc1ccc(Cl)c(Cl)c1. The summed E-state index contributed by atoms with van der Waals surface area (Å²) < 4.78 is 11.9. The fourth-order valence-electron chi connectivity index (χ4n) is 2.86. The summed E-state index contributed by atoms with van der Waals surface area (Å²) in [7, 11) is 1.58. The van der Waals surface area contributed by atoms with Gasteiger partial charge in [-0.3, -0.25) is 9.69 Å². The van der Waals surface area contributed by atoms with Crippen LogP contribution in [0.15, 0.2) is 41.3 Å². The molecule has 1 amide bonds. The first-order valence-electron chi connectivity index (χ1n) is 9.28. The first-order chi connectivity index (χ1) is 14.3. The van der Waals surface area contributed by atoms with Crippen molar-refractivity contribution in [2.75, 3.05) is 13.7 Å². The lowest BCUT2D eigenvalue weighted by atomic mass is 10.1. The molecule has 30 heavy (non-hydrogen) atoms. The van der Waals surface area contributed by atoms with Crippen LogP contribution < -0.4 is 9.47 Å². The molecule has 0 saturated carbocycles. The van der Waals surface area contributed by atoms with Crippen LogP contribution in [-0.4, -0.2) is 28.8 Å². The number of thioether (sulfide) groups is 1. The zero-order valence-electron chi connectivity index (χ0n) is 16.8. The second kappa shape index (κ2) is 10.1. The van der Waals surface area contributed by atoms with Gasteiger partial charge < -0.3 is 9.47 Å². The normalized spacial score (nSPS) is 15.4. The van der Waals surface area contributed by atoms with Crippen LogP contribution in [0.3, 0.4) is 0 Å². The van der Waals surface area contributed by atoms with Crippen molar-refractivity contribution in [3.8, 4) is 11.5 Å². The molecule has 2 aromatic rings. The number of nitrogens with zero attached hydrogens (tertiary/aromatic N) is 1. The highest BCUT2D eigenvalue weighted by atomic mass is 35.5. The molecule has 8 heteroatoms. The molecule has 0 bridgehead atoms. The molecule has 158 valence electrons. The lowest BCUT2D eigenvalue weighted by molar-refractivity contribution is -0.122.